The fraction of sp³-hybridized carbons (Fsp3) is 0.214. The van der Waals surface area contributed by atoms with Gasteiger partial charge in [-0.05, 0) is 144 Å². The van der Waals surface area contributed by atoms with E-state index in [0.717, 1.165) is 0 Å². The van der Waals surface area contributed by atoms with Crippen LogP contribution in [0.2, 0.25) is 0 Å². The zero-order valence-electron chi connectivity index (χ0n) is 35.5. The highest BCUT2D eigenvalue weighted by atomic mass is 32.1. The minimum atomic E-state index is 0.00836. The summed E-state index contributed by atoms with van der Waals surface area (Å²) >= 11 is 3.95. The molecule has 4 heteroatoms. The average molecular weight is 810 g/mol. The molecule has 0 amide bonds. The van der Waals surface area contributed by atoms with Crippen molar-refractivity contribution >= 4 is 92.4 Å². The lowest BCUT2D eigenvalue weighted by Gasteiger charge is -2.42. The molecule has 0 atom stereocenters. The zero-order valence-corrected chi connectivity index (χ0v) is 37.2. The molecule has 1 aliphatic carbocycles. The second kappa shape index (κ2) is 12.6. The Morgan fingerprint density at radius 2 is 1.25 bits per heavy atom. The second-order valence-electron chi connectivity index (χ2n) is 19.9. The van der Waals surface area contributed by atoms with Gasteiger partial charge in [-0.25, -0.2) is 0 Å². The summed E-state index contributed by atoms with van der Waals surface area (Å²) in [7, 11) is 0. The van der Waals surface area contributed by atoms with Crippen molar-refractivity contribution in [1.29, 1.82) is 0 Å². The Bertz CT molecular complexity index is 3260. The van der Waals surface area contributed by atoms with Gasteiger partial charge in [0.1, 0.15) is 0 Å². The number of hydrogen-bond donors (Lipinski definition) is 0. The van der Waals surface area contributed by atoms with Crippen molar-refractivity contribution < 1.29 is 0 Å². The monoisotopic (exact) mass is 809 g/mol. The molecule has 2 aromatic heterocycles. The van der Waals surface area contributed by atoms with Crippen molar-refractivity contribution in [2.45, 2.75) is 77.6 Å². The largest absolute Gasteiger partial charge is 0.311 e. The molecule has 0 radical (unpaired) electrons. The Balaban J connectivity index is 1.21. The predicted octanol–water partition coefficient (Wildman–Crippen LogP) is 14.5. The van der Waals surface area contributed by atoms with Gasteiger partial charge >= 0.3 is 0 Å². The summed E-state index contributed by atoms with van der Waals surface area (Å²) in [5.41, 5.74) is 19.2. The van der Waals surface area contributed by atoms with Gasteiger partial charge in [-0.15, -0.1) is 22.7 Å². The quantitative estimate of drug-likeness (QED) is 0.161. The molecule has 0 unspecified atom stereocenters. The Hall–Kier alpha value is -5.42. The van der Waals surface area contributed by atoms with E-state index >= 15 is 0 Å². The van der Waals surface area contributed by atoms with E-state index in [4.69, 9.17) is 0 Å². The van der Waals surface area contributed by atoms with Crippen molar-refractivity contribution in [2.24, 2.45) is 0 Å². The third-order valence-electron chi connectivity index (χ3n) is 14.3. The van der Waals surface area contributed by atoms with Gasteiger partial charge in [0.2, 0.25) is 0 Å². The molecule has 4 heterocycles. The Labute approximate surface area is 362 Å². The number of thiophene rings is 2. The van der Waals surface area contributed by atoms with Gasteiger partial charge in [-0.3, -0.25) is 0 Å². The summed E-state index contributed by atoms with van der Waals surface area (Å²) in [4.78, 5) is 2.63. The smallest absolute Gasteiger partial charge is 0.260 e. The molecule has 2 aliphatic heterocycles. The SMILES string of the molecule is CC(C)(C)c1ccc(N2c3ccccc3B3c4sc5cc6c(cc5c4-c4cc(-c5cccc7sc8ccccc8c57)cc2c43)C(C)(C)CCC6(C)C)c(-c2ccccc2)c1. The first kappa shape index (κ1) is 36.4. The lowest BCUT2D eigenvalue weighted by atomic mass is 9.39. The average Bonchev–Trinajstić information content (AvgIpc) is 3.91. The molecule has 0 saturated carbocycles. The number of nitrogens with zero attached hydrogens (tertiary/aromatic N) is 1. The lowest BCUT2D eigenvalue weighted by Crippen LogP contribution is -2.54. The lowest BCUT2D eigenvalue weighted by molar-refractivity contribution is 0.332. The molecular formula is C56H48BNS2. The van der Waals surface area contributed by atoms with E-state index in [1.165, 1.54) is 120 Å². The van der Waals surface area contributed by atoms with E-state index in [-0.39, 0.29) is 23.0 Å². The van der Waals surface area contributed by atoms with Crippen molar-refractivity contribution in [3.05, 3.63) is 156 Å². The fourth-order valence-electron chi connectivity index (χ4n) is 11.0. The number of para-hydroxylation sites is 1. The highest BCUT2D eigenvalue weighted by Crippen LogP contribution is 2.53. The van der Waals surface area contributed by atoms with Crippen LogP contribution >= 0.6 is 22.7 Å². The van der Waals surface area contributed by atoms with Crippen LogP contribution in [0.25, 0.3) is 63.6 Å². The van der Waals surface area contributed by atoms with Crippen LogP contribution in [-0.2, 0) is 16.2 Å². The van der Waals surface area contributed by atoms with E-state index in [1.807, 2.05) is 22.7 Å². The van der Waals surface area contributed by atoms with Crippen LogP contribution in [0, 0.1) is 0 Å². The normalized spacial score (nSPS) is 16.0. The highest BCUT2D eigenvalue weighted by Gasteiger charge is 2.46. The summed E-state index contributed by atoms with van der Waals surface area (Å²) in [5.74, 6) is 0. The Morgan fingerprint density at radius 1 is 0.533 bits per heavy atom. The number of benzene rings is 7. The van der Waals surface area contributed by atoms with Gasteiger partial charge in [0.15, 0.2) is 0 Å². The van der Waals surface area contributed by atoms with E-state index in [9.17, 15) is 0 Å². The summed E-state index contributed by atoms with van der Waals surface area (Å²) < 4.78 is 5.60. The van der Waals surface area contributed by atoms with Gasteiger partial charge in [-0.1, -0.05) is 133 Å². The summed E-state index contributed by atoms with van der Waals surface area (Å²) in [6, 6.07) is 53.8. The number of hydrogen-bond acceptors (Lipinski definition) is 3. The molecule has 0 fully saturated rings. The number of anilines is 3. The molecule has 60 heavy (non-hydrogen) atoms. The molecule has 0 spiro atoms. The maximum absolute atomic E-state index is 2.63. The van der Waals surface area contributed by atoms with Gasteiger partial charge in [0.05, 0.1) is 5.69 Å². The minimum absolute atomic E-state index is 0.00836. The van der Waals surface area contributed by atoms with E-state index in [0.29, 0.717) is 0 Å². The van der Waals surface area contributed by atoms with Gasteiger partial charge in [0.25, 0.3) is 6.71 Å². The first-order valence-electron chi connectivity index (χ1n) is 21.7. The molecule has 3 aliphatic rings. The van der Waals surface area contributed by atoms with Crippen LogP contribution in [0.4, 0.5) is 17.1 Å². The Kier molecular flexibility index (Phi) is 7.63. The fourth-order valence-corrected chi connectivity index (χ4v) is 13.5. The van der Waals surface area contributed by atoms with Crippen molar-refractivity contribution in [1.82, 2.24) is 0 Å². The predicted molar refractivity (Wildman–Crippen MR) is 264 cm³/mol. The van der Waals surface area contributed by atoms with Crippen molar-refractivity contribution in [3.8, 4) is 33.4 Å². The molecule has 0 N–H and O–H groups in total. The van der Waals surface area contributed by atoms with Crippen LogP contribution in [0.1, 0.15) is 78.0 Å². The molecule has 292 valence electrons. The molecule has 0 bridgehead atoms. The molecule has 9 aromatic rings. The van der Waals surface area contributed by atoms with Crippen LogP contribution in [-0.4, -0.2) is 6.71 Å². The van der Waals surface area contributed by atoms with Crippen molar-refractivity contribution in [2.75, 3.05) is 4.90 Å². The number of rotatable bonds is 3. The standard InChI is InChI=1S/C56H48BNS2/c1-54(2,3)35-24-25-44(38(30-35)33-16-9-8-10-17-33)58-45-21-13-12-20-43(45)57-52-40(51-39-31-41-42(32-49(39)60-53(51)57)56(6,7)27-26-55(41,4)5)28-34(29-46(52)58)36-19-15-23-48-50(36)37-18-11-14-22-47(37)59-48/h8-25,28-32H,26-27H2,1-7H3. The van der Waals surface area contributed by atoms with Gasteiger partial charge < -0.3 is 4.90 Å². The van der Waals surface area contributed by atoms with Gasteiger partial charge in [-0.2, -0.15) is 0 Å². The maximum atomic E-state index is 2.63. The van der Waals surface area contributed by atoms with Crippen LogP contribution in [0.15, 0.2) is 140 Å². The maximum Gasteiger partial charge on any atom is 0.260 e. The summed E-state index contributed by atoms with van der Waals surface area (Å²) in [6.45, 7) is 17.0. The highest BCUT2D eigenvalue weighted by molar-refractivity contribution is 7.34. The molecule has 12 rings (SSSR count). The van der Waals surface area contributed by atoms with Crippen LogP contribution < -0.4 is 20.6 Å². The number of fused-ring (bicyclic) bond motifs is 11. The van der Waals surface area contributed by atoms with E-state index in [2.05, 4.69) is 193 Å². The Morgan fingerprint density at radius 3 is 2.05 bits per heavy atom. The topological polar surface area (TPSA) is 3.24 Å². The molecule has 1 nitrogen and oxygen atoms in total. The summed E-state index contributed by atoms with van der Waals surface area (Å²) in [6.07, 6.45) is 2.42. The first-order chi connectivity index (χ1) is 28.9. The van der Waals surface area contributed by atoms with Crippen LogP contribution in [0.3, 0.4) is 0 Å². The molecule has 0 saturated heterocycles. The van der Waals surface area contributed by atoms with Crippen molar-refractivity contribution in [3.63, 3.8) is 0 Å². The first-order valence-corrected chi connectivity index (χ1v) is 23.3. The second-order valence-corrected chi connectivity index (χ2v) is 22.1. The summed E-state index contributed by atoms with van der Waals surface area (Å²) in [5, 5.41) is 4.12. The minimum Gasteiger partial charge on any atom is -0.311 e. The third-order valence-corrected chi connectivity index (χ3v) is 16.7. The molecular weight excluding hydrogens is 762 g/mol. The van der Waals surface area contributed by atoms with Gasteiger partial charge in [0, 0.05) is 47.2 Å². The zero-order chi connectivity index (χ0) is 40.9. The third kappa shape index (κ3) is 5.17. The molecule has 7 aromatic carbocycles. The van der Waals surface area contributed by atoms with Crippen LogP contribution in [0.5, 0.6) is 0 Å². The van der Waals surface area contributed by atoms with E-state index in [1.54, 1.807) is 5.56 Å². The van der Waals surface area contributed by atoms with E-state index < -0.39 is 0 Å².